The Morgan fingerprint density at radius 1 is 1.44 bits per heavy atom. The lowest BCUT2D eigenvalue weighted by Crippen LogP contribution is -2.12. The van der Waals surface area contributed by atoms with E-state index in [1.54, 1.807) is 6.33 Å². The highest BCUT2D eigenvalue weighted by atomic mass is 79.9. The Hall–Kier alpha value is -1.20. The van der Waals surface area contributed by atoms with Crippen molar-refractivity contribution in [3.8, 4) is 0 Å². The Balaban J connectivity index is 2.20. The zero-order chi connectivity index (χ0) is 13.0. The van der Waals surface area contributed by atoms with Crippen LogP contribution in [0.2, 0.25) is 0 Å². The van der Waals surface area contributed by atoms with Gasteiger partial charge in [-0.3, -0.25) is 4.68 Å². The highest BCUT2D eigenvalue weighted by Crippen LogP contribution is 2.22. The normalized spacial score (nSPS) is 12.6. The Morgan fingerprint density at radius 3 is 2.94 bits per heavy atom. The molecule has 1 aromatic carbocycles. The molecule has 2 rings (SSSR count). The summed E-state index contributed by atoms with van der Waals surface area (Å²) in [6, 6.07) is 8.02. The second-order valence-corrected chi connectivity index (χ2v) is 5.05. The maximum absolute atomic E-state index is 9.56. The van der Waals surface area contributed by atoms with Gasteiger partial charge in [-0.05, 0) is 24.6 Å². The van der Waals surface area contributed by atoms with Gasteiger partial charge < -0.3 is 5.11 Å². The summed E-state index contributed by atoms with van der Waals surface area (Å²) in [5, 5.41) is 13.7. The SMILES string of the molecule is CCn1ncnc1CC(CO)c1cccc(Br)c1. The zero-order valence-corrected chi connectivity index (χ0v) is 11.8. The third-order valence-corrected chi connectivity index (χ3v) is 3.46. The average Bonchev–Trinajstić information content (AvgIpc) is 2.83. The third-order valence-electron chi connectivity index (χ3n) is 2.96. The van der Waals surface area contributed by atoms with Crippen LogP contribution in [0, 0.1) is 0 Å². The molecule has 0 aliphatic carbocycles. The molecule has 1 unspecified atom stereocenters. The van der Waals surface area contributed by atoms with Crippen LogP contribution in [0.25, 0.3) is 0 Å². The lowest BCUT2D eigenvalue weighted by Gasteiger charge is -2.14. The van der Waals surface area contributed by atoms with E-state index in [1.807, 2.05) is 35.9 Å². The van der Waals surface area contributed by atoms with Crippen LogP contribution in [-0.2, 0) is 13.0 Å². The predicted molar refractivity (Wildman–Crippen MR) is 73.4 cm³/mol. The van der Waals surface area contributed by atoms with Gasteiger partial charge in [0.25, 0.3) is 0 Å². The van der Waals surface area contributed by atoms with E-state index < -0.39 is 0 Å². The zero-order valence-electron chi connectivity index (χ0n) is 10.3. The second-order valence-electron chi connectivity index (χ2n) is 4.13. The third kappa shape index (κ3) is 2.97. The minimum Gasteiger partial charge on any atom is -0.396 e. The Kier molecular flexibility index (Phi) is 4.49. The molecule has 0 radical (unpaired) electrons. The van der Waals surface area contributed by atoms with Crippen molar-refractivity contribution in [2.24, 2.45) is 0 Å². The van der Waals surface area contributed by atoms with Gasteiger partial charge in [0.05, 0.1) is 6.61 Å². The number of rotatable bonds is 5. The number of hydrogen-bond donors (Lipinski definition) is 1. The number of aromatic nitrogens is 3. The summed E-state index contributed by atoms with van der Waals surface area (Å²) in [6.07, 6.45) is 2.26. The maximum Gasteiger partial charge on any atom is 0.138 e. The molecule has 0 bridgehead atoms. The molecule has 0 saturated carbocycles. The van der Waals surface area contributed by atoms with Gasteiger partial charge in [-0.1, -0.05) is 28.1 Å². The van der Waals surface area contributed by atoms with E-state index in [9.17, 15) is 5.11 Å². The summed E-state index contributed by atoms with van der Waals surface area (Å²) in [7, 11) is 0. The van der Waals surface area contributed by atoms with Gasteiger partial charge >= 0.3 is 0 Å². The van der Waals surface area contributed by atoms with Gasteiger partial charge in [0.1, 0.15) is 12.2 Å². The quantitative estimate of drug-likeness (QED) is 0.922. The molecule has 18 heavy (non-hydrogen) atoms. The van der Waals surface area contributed by atoms with Crippen molar-refractivity contribution in [2.45, 2.75) is 25.8 Å². The van der Waals surface area contributed by atoms with Crippen LogP contribution in [0.3, 0.4) is 0 Å². The van der Waals surface area contributed by atoms with Gasteiger partial charge in [0, 0.05) is 23.4 Å². The maximum atomic E-state index is 9.56. The van der Waals surface area contributed by atoms with Crippen LogP contribution in [-0.4, -0.2) is 26.5 Å². The molecule has 0 spiro atoms. The Labute approximate surface area is 115 Å². The first-order chi connectivity index (χ1) is 8.74. The van der Waals surface area contributed by atoms with Gasteiger partial charge in [-0.25, -0.2) is 4.98 Å². The van der Waals surface area contributed by atoms with Crippen LogP contribution in [0.5, 0.6) is 0 Å². The summed E-state index contributed by atoms with van der Waals surface area (Å²) in [4.78, 5) is 4.25. The molecule has 0 aliphatic rings. The number of hydrogen-bond acceptors (Lipinski definition) is 3. The molecule has 1 atom stereocenters. The number of benzene rings is 1. The molecular weight excluding hydrogens is 294 g/mol. The molecule has 0 aliphatic heterocycles. The smallest absolute Gasteiger partial charge is 0.138 e. The van der Waals surface area contributed by atoms with E-state index in [-0.39, 0.29) is 12.5 Å². The van der Waals surface area contributed by atoms with E-state index in [0.717, 1.165) is 22.4 Å². The van der Waals surface area contributed by atoms with Crippen LogP contribution < -0.4 is 0 Å². The van der Waals surface area contributed by atoms with Crippen LogP contribution in [0.1, 0.15) is 24.2 Å². The molecule has 96 valence electrons. The lowest BCUT2D eigenvalue weighted by atomic mass is 9.96. The van der Waals surface area contributed by atoms with Crippen molar-refractivity contribution in [2.75, 3.05) is 6.61 Å². The van der Waals surface area contributed by atoms with Gasteiger partial charge in [-0.2, -0.15) is 5.10 Å². The van der Waals surface area contributed by atoms with E-state index >= 15 is 0 Å². The molecule has 0 amide bonds. The summed E-state index contributed by atoms with van der Waals surface area (Å²) in [6.45, 7) is 2.93. The standard InChI is InChI=1S/C13H16BrN3O/c1-2-17-13(15-9-16-17)7-11(8-18)10-4-3-5-12(14)6-10/h3-6,9,11,18H,2,7-8H2,1H3. The predicted octanol–water partition coefficient (Wildman–Crippen LogP) is 2.38. The Bertz CT molecular complexity index is 512. The first kappa shape index (κ1) is 13.2. The number of nitrogens with zero attached hydrogens (tertiary/aromatic N) is 3. The van der Waals surface area contributed by atoms with E-state index in [1.165, 1.54) is 0 Å². The molecule has 0 saturated heterocycles. The topological polar surface area (TPSA) is 50.9 Å². The molecule has 4 nitrogen and oxygen atoms in total. The minimum absolute atomic E-state index is 0.0528. The fourth-order valence-electron chi connectivity index (χ4n) is 1.98. The fraction of sp³-hybridized carbons (Fsp3) is 0.385. The van der Waals surface area contributed by atoms with Crippen molar-refractivity contribution < 1.29 is 5.11 Å². The molecule has 1 N–H and O–H groups in total. The first-order valence-electron chi connectivity index (χ1n) is 5.97. The molecule has 1 aromatic heterocycles. The highest BCUT2D eigenvalue weighted by molar-refractivity contribution is 9.10. The van der Waals surface area contributed by atoms with Crippen molar-refractivity contribution in [1.82, 2.24) is 14.8 Å². The van der Waals surface area contributed by atoms with Gasteiger partial charge in [0.2, 0.25) is 0 Å². The Morgan fingerprint density at radius 2 is 2.28 bits per heavy atom. The number of halogens is 1. The fourth-order valence-corrected chi connectivity index (χ4v) is 2.40. The van der Waals surface area contributed by atoms with Crippen molar-refractivity contribution in [1.29, 1.82) is 0 Å². The molecular formula is C13H16BrN3O. The highest BCUT2D eigenvalue weighted by Gasteiger charge is 2.15. The molecule has 2 aromatic rings. The summed E-state index contributed by atoms with van der Waals surface area (Å²) < 4.78 is 2.89. The van der Waals surface area contributed by atoms with Crippen LogP contribution in [0.15, 0.2) is 35.1 Å². The lowest BCUT2D eigenvalue weighted by molar-refractivity contribution is 0.262. The van der Waals surface area contributed by atoms with Crippen LogP contribution in [0.4, 0.5) is 0 Å². The van der Waals surface area contributed by atoms with E-state index in [4.69, 9.17) is 0 Å². The first-order valence-corrected chi connectivity index (χ1v) is 6.77. The molecule has 5 heteroatoms. The van der Waals surface area contributed by atoms with E-state index in [0.29, 0.717) is 6.42 Å². The number of aryl methyl sites for hydroxylation is 1. The average molecular weight is 310 g/mol. The second kappa shape index (κ2) is 6.11. The van der Waals surface area contributed by atoms with Crippen molar-refractivity contribution in [3.63, 3.8) is 0 Å². The van der Waals surface area contributed by atoms with Crippen molar-refractivity contribution >= 4 is 15.9 Å². The summed E-state index contributed by atoms with van der Waals surface area (Å²) >= 11 is 3.45. The number of aliphatic hydroxyl groups excluding tert-OH is 1. The van der Waals surface area contributed by atoms with Crippen molar-refractivity contribution in [3.05, 3.63) is 46.5 Å². The number of aliphatic hydroxyl groups is 1. The summed E-state index contributed by atoms with van der Waals surface area (Å²) in [5.74, 6) is 0.966. The largest absolute Gasteiger partial charge is 0.396 e. The van der Waals surface area contributed by atoms with Gasteiger partial charge in [-0.15, -0.1) is 0 Å². The summed E-state index contributed by atoms with van der Waals surface area (Å²) in [5.41, 5.74) is 1.11. The van der Waals surface area contributed by atoms with Crippen LogP contribution >= 0.6 is 15.9 Å². The van der Waals surface area contributed by atoms with E-state index in [2.05, 4.69) is 26.0 Å². The monoisotopic (exact) mass is 309 g/mol. The van der Waals surface area contributed by atoms with Gasteiger partial charge in [0.15, 0.2) is 0 Å². The molecule has 0 fully saturated rings. The molecule has 1 heterocycles. The minimum atomic E-state index is 0.0528.